The number of aryl methyl sites for hydroxylation is 2. The number of hydrogen-bond donors (Lipinski definition) is 1. The topological polar surface area (TPSA) is 120 Å². The molecule has 0 unspecified atom stereocenters. The van der Waals surface area contributed by atoms with E-state index >= 15 is 0 Å². The van der Waals surface area contributed by atoms with E-state index in [0.29, 0.717) is 54.6 Å². The molecule has 0 aliphatic carbocycles. The number of rotatable bonds is 6. The fraction of sp³-hybridized carbons (Fsp3) is 0.500. The lowest BCUT2D eigenvalue weighted by molar-refractivity contribution is 0.0995. The van der Waals surface area contributed by atoms with E-state index in [2.05, 4.69) is 10.1 Å². The van der Waals surface area contributed by atoms with Crippen LogP contribution in [0.1, 0.15) is 34.7 Å². The summed E-state index contributed by atoms with van der Waals surface area (Å²) in [4.78, 5) is 15.4. The highest BCUT2D eigenvalue weighted by molar-refractivity contribution is 7.89. The molecule has 0 saturated carbocycles. The van der Waals surface area contributed by atoms with Crippen molar-refractivity contribution in [1.82, 2.24) is 19.1 Å². The van der Waals surface area contributed by atoms with Gasteiger partial charge in [-0.2, -0.15) is 9.40 Å². The SMILES string of the molecule is Cc1nn(C)c(C)c1S(=O)(=O)N1CCC(COc2ccnc(C(N)=O)c2)CC1. The largest absolute Gasteiger partial charge is 0.493 e. The van der Waals surface area contributed by atoms with Crippen LogP contribution >= 0.6 is 0 Å². The first-order valence-corrected chi connectivity index (χ1v) is 10.5. The van der Waals surface area contributed by atoms with Crippen LogP contribution in [0.5, 0.6) is 5.75 Å². The number of sulfonamides is 1. The molecule has 10 heteroatoms. The van der Waals surface area contributed by atoms with E-state index in [-0.39, 0.29) is 11.6 Å². The van der Waals surface area contributed by atoms with Gasteiger partial charge in [-0.3, -0.25) is 14.5 Å². The van der Waals surface area contributed by atoms with E-state index in [1.807, 2.05) is 0 Å². The summed E-state index contributed by atoms with van der Waals surface area (Å²) in [5.41, 5.74) is 6.54. The Bertz CT molecular complexity index is 978. The van der Waals surface area contributed by atoms with Gasteiger partial charge in [-0.1, -0.05) is 0 Å². The Labute approximate surface area is 164 Å². The van der Waals surface area contributed by atoms with Gasteiger partial charge in [-0.25, -0.2) is 8.42 Å². The molecule has 2 N–H and O–H groups in total. The molecule has 0 spiro atoms. The van der Waals surface area contributed by atoms with Gasteiger partial charge in [0, 0.05) is 32.4 Å². The van der Waals surface area contributed by atoms with Crippen LogP contribution in [0.2, 0.25) is 0 Å². The molecule has 1 amide bonds. The second-order valence-corrected chi connectivity index (χ2v) is 8.90. The Balaban J connectivity index is 1.60. The van der Waals surface area contributed by atoms with Gasteiger partial charge in [0.15, 0.2) is 0 Å². The van der Waals surface area contributed by atoms with Crippen LogP contribution < -0.4 is 10.5 Å². The minimum Gasteiger partial charge on any atom is -0.493 e. The van der Waals surface area contributed by atoms with Crippen LogP contribution in [0.15, 0.2) is 23.2 Å². The highest BCUT2D eigenvalue weighted by Crippen LogP contribution is 2.28. The molecule has 1 saturated heterocycles. The lowest BCUT2D eigenvalue weighted by Crippen LogP contribution is -2.40. The number of carbonyl (C=O) groups excluding carboxylic acids is 1. The van der Waals surface area contributed by atoms with E-state index in [9.17, 15) is 13.2 Å². The molecule has 2 aromatic heterocycles. The smallest absolute Gasteiger partial charge is 0.267 e. The predicted octanol–water partition coefficient (Wildman–Crippen LogP) is 1.01. The zero-order valence-electron chi connectivity index (χ0n) is 16.3. The third kappa shape index (κ3) is 4.02. The van der Waals surface area contributed by atoms with E-state index in [1.54, 1.807) is 31.6 Å². The molecular formula is C18H25N5O4S. The summed E-state index contributed by atoms with van der Waals surface area (Å²) in [6, 6.07) is 3.18. The number of carbonyl (C=O) groups is 1. The number of nitrogens with two attached hydrogens (primary N) is 1. The lowest BCUT2D eigenvalue weighted by atomic mass is 9.99. The number of hydrogen-bond acceptors (Lipinski definition) is 6. The molecule has 0 radical (unpaired) electrons. The molecule has 3 rings (SSSR count). The quantitative estimate of drug-likeness (QED) is 0.763. The van der Waals surface area contributed by atoms with Crippen LogP contribution in [0.25, 0.3) is 0 Å². The Morgan fingerprint density at radius 3 is 2.57 bits per heavy atom. The van der Waals surface area contributed by atoms with Crippen molar-refractivity contribution < 1.29 is 17.9 Å². The number of aromatic nitrogens is 3. The third-order valence-corrected chi connectivity index (χ3v) is 7.24. The van der Waals surface area contributed by atoms with Gasteiger partial charge in [0.05, 0.1) is 18.0 Å². The normalized spacial score (nSPS) is 16.2. The Morgan fingerprint density at radius 2 is 2.00 bits per heavy atom. The summed E-state index contributed by atoms with van der Waals surface area (Å²) >= 11 is 0. The summed E-state index contributed by atoms with van der Waals surface area (Å²) in [7, 11) is -1.81. The molecular weight excluding hydrogens is 382 g/mol. The first-order valence-electron chi connectivity index (χ1n) is 9.09. The van der Waals surface area contributed by atoms with E-state index in [1.165, 1.54) is 16.6 Å². The summed E-state index contributed by atoms with van der Waals surface area (Å²) in [6.07, 6.45) is 2.87. The van der Waals surface area contributed by atoms with Crippen LogP contribution in [0.3, 0.4) is 0 Å². The van der Waals surface area contributed by atoms with Gasteiger partial charge < -0.3 is 10.5 Å². The minimum atomic E-state index is -3.56. The van der Waals surface area contributed by atoms with Crippen LogP contribution in [0.4, 0.5) is 0 Å². The molecule has 1 aliphatic heterocycles. The van der Waals surface area contributed by atoms with Crippen molar-refractivity contribution in [3.63, 3.8) is 0 Å². The maximum atomic E-state index is 13.0. The van der Waals surface area contributed by atoms with Gasteiger partial charge in [0.25, 0.3) is 5.91 Å². The van der Waals surface area contributed by atoms with Crippen molar-refractivity contribution in [1.29, 1.82) is 0 Å². The standard InChI is InChI=1S/C18H25N5O4S/c1-12-17(13(2)22(3)21-12)28(25,26)23-8-5-14(6-9-23)11-27-15-4-7-20-16(10-15)18(19)24/h4,7,10,14H,5-6,8-9,11H2,1-3H3,(H2,19,24). The molecule has 3 heterocycles. The molecule has 1 aliphatic rings. The minimum absolute atomic E-state index is 0.153. The van der Waals surface area contributed by atoms with Crippen LogP contribution in [-0.4, -0.2) is 53.1 Å². The monoisotopic (exact) mass is 407 g/mol. The van der Waals surface area contributed by atoms with E-state index < -0.39 is 15.9 Å². The van der Waals surface area contributed by atoms with Gasteiger partial charge >= 0.3 is 0 Å². The number of primary amides is 1. The molecule has 152 valence electrons. The number of piperidine rings is 1. The Kier molecular flexibility index (Phi) is 5.71. The average molecular weight is 407 g/mol. The zero-order chi connectivity index (χ0) is 20.5. The number of amides is 1. The van der Waals surface area contributed by atoms with Crippen molar-refractivity contribution >= 4 is 15.9 Å². The van der Waals surface area contributed by atoms with Crippen molar-refractivity contribution in [2.24, 2.45) is 18.7 Å². The second kappa shape index (κ2) is 7.88. The number of ether oxygens (including phenoxy) is 1. The van der Waals surface area contributed by atoms with E-state index in [4.69, 9.17) is 10.5 Å². The molecule has 1 fully saturated rings. The predicted molar refractivity (Wildman–Crippen MR) is 102 cm³/mol. The second-order valence-electron chi connectivity index (χ2n) is 7.02. The fourth-order valence-electron chi connectivity index (χ4n) is 3.42. The van der Waals surface area contributed by atoms with Crippen molar-refractivity contribution in [2.75, 3.05) is 19.7 Å². The molecule has 0 atom stereocenters. The Morgan fingerprint density at radius 1 is 1.32 bits per heavy atom. The van der Waals surface area contributed by atoms with Crippen molar-refractivity contribution in [3.05, 3.63) is 35.4 Å². The van der Waals surface area contributed by atoms with Gasteiger partial charge in [0.1, 0.15) is 16.3 Å². The van der Waals surface area contributed by atoms with Crippen molar-refractivity contribution in [2.45, 2.75) is 31.6 Å². The summed E-state index contributed by atoms with van der Waals surface area (Å²) in [5.74, 6) is 0.151. The summed E-state index contributed by atoms with van der Waals surface area (Å²) in [6.45, 7) is 4.80. The molecule has 0 aromatic carbocycles. The zero-order valence-corrected chi connectivity index (χ0v) is 17.1. The first-order chi connectivity index (χ1) is 13.2. The van der Waals surface area contributed by atoms with E-state index in [0.717, 1.165) is 0 Å². The highest BCUT2D eigenvalue weighted by atomic mass is 32.2. The molecule has 2 aromatic rings. The van der Waals surface area contributed by atoms with Crippen LogP contribution in [0, 0.1) is 19.8 Å². The third-order valence-electron chi connectivity index (χ3n) is 5.08. The highest BCUT2D eigenvalue weighted by Gasteiger charge is 2.33. The summed E-state index contributed by atoms with van der Waals surface area (Å²) < 4.78 is 34.9. The fourth-order valence-corrected chi connectivity index (χ4v) is 5.29. The number of nitrogens with zero attached hydrogens (tertiary/aromatic N) is 4. The van der Waals surface area contributed by atoms with Gasteiger partial charge in [0.2, 0.25) is 10.0 Å². The summed E-state index contributed by atoms with van der Waals surface area (Å²) in [5, 5.41) is 4.22. The molecule has 9 nitrogen and oxygen atoms in total. The van der Waals surface area contributed by atoms with Crippen LogP contribution in [-0.2, 0) is 17.1 Å². The molecule has 0 bridgehead atoms. The van der Waals surface area contributed by atoms with Crippen molar-refractivity contribution in [3.8, 4) is 5.75 Å². The lowest BCUT2D eigenvalue weighted by Gasteiger charge is -2.31. The Hall–Kier alpha value is -2.46. The van der Waals surface area contributed by atoms with Gasteiger partial charge in [-0.05, 0) is 38.7 Å². The maximum Gasteiger partial charge on any atom is 0.267 e. The average Bonchev–Trinajstić information content (AvgIpc) is 2.93. The molecule has 28 heavy (non-hydrogen) atoms. The van der Waals surface area contributed by atoms with Gasteiger partial charge in [-0.15, -0.1) is 0 Å². The maximum absolute atomic E-state index is 13.0. The first kappa shape index (κ1) is 20.3. The number of pyridine rings is 1.